The number of aromatic nitrogens is 3. The molecular formula is C10H18ClN5O. The number of hydrogen-bond donors (Lipinski definition) is 2. The number of halogens is 1. The van der Waals surface area contributed by atoms with E-state index in [1.54, 1.807) is 7.11 Å². The van der Waals surface area contributed by atoms with E-state index in [0.29, 0.717) is 12.5 Å². The van der Waals surface area contributed by atoms with Crippen LogP contribution < -0.4 is 11.1 Å². The zero-order valence-electron chi connectivity index (χ0n) is 10.3. The molecule has 0 saturated carbocycles. The Kier molecular flexibility index (Phi) is 4.89. The van der Waals surface area contributed by atoms with Crippen molar-refractivity contribution in [2.45, 2.75) is 20.3 Å². The molecule has 6 nitrogen and oxygen atoms in total. The molecule has 96 valence electrons. The minimum absolute atomic E-state index is 0.0733. The third-order valence-corrected chi connectivity index (χ3v) is 2.50. The number of nitrogens with zero attached hydrogens (tertiary/aromatic N) is 3. The first kappa shape index (κ1) is 13.9. The molecule has 0 aliphatic rings. The van der Waals surface area contributed by atoms with Gasteiger partial charge in [-0.1, -0.05) is 13.8 Å². The summed E-state index contributed by atoms with van der Waals surface area (Å²) in [5.74, 6) is 0.509. The first-order valence-corrected chi connectivity index (χ1v) is 5.70. The third kappa shape index (κ3) is 5.14. The van der Waals surface area contributed by atoms with Crippen molar-refractivity contribution < 1.29 is 4.74 Å². The average Bonchev–Trinajstić information content (AvgIpc) is 2.23. The van der Waals surface area contributed by atoms with Crippen molar-refractivity contribution in [1.82, 2.24) is 15.0 Å². The number of nitrogen functional groups attached to an aromatic ring is 1. The van der Waals surface area contributed by atoms with E-state index in [2.05, 4.69) is 34.1 Å². The normalized spacial score (nSPS) is 11.5. The van der Waals surface area contributed by atoms with E-state index in [0.717, 1.165) is 13.0 Å². The lowest BCUT2D eigenvalue weighted by Gasteiger charge is -2.24. The van der Waals surface area contributed by atoms with E-state index >= 15 is 0 Å². The zero-order valence-corrected chi connectivity index (χ0v) is 11.1. The van der Waals surface area contributed by atoms with E-state index in [-0.39, 0.29) is 16.6 Å². The fourth-order valence-electron chi connectivity index (χ4n) is 1.23. The van der Waals surface area contributed by atoms with Crippen LogP contribution in [0.5, 0.6) is 0 Å². The maximum atomic E-state index is 5.68. The average molecular weight is 260 g/mol. The fraction of sp³-hybridized carbons (Fsp3) is 0.700. The maximum Gasteiger partial charge on any atom is 0.228 e. The Morgan fingerprint density at radius 1 is 1.35 bits per heavy atom. The van der Waals surface area contributed by atoms with Gasteiger partial charge in [-0.2, -0.15) is 15.0 Å². The summed E-state index contributed by atoms with van der Waals surface area (Å²) in [7, 11) is 1.69. The molecule has 1 heterocycles. The quantitative estimate of drug-likeness (QED) is 0.807. The molecule has 0 radical (unpaired) electrons. The van der Waals surface area contributed by atoms with Gasteiger partial charge in [0.1, 0.15) is 0 Å². The number of ether oxygens (including phenoxy) is 1. The zero-order chi connectivity index (χ0) is 12.9. The second kappa shape index (κ2) is 5.97. The first-order valence-electron chi connectivity index (χ1n) is 5.33. The van der Waals surface area contributed by atoms with Crippen molar-refractivity contribution in [3.8, 4) is 0 Å². The highest BCUT2D eigenvalue weighted by molar-refractivity contribution is 6.28. The third-order valence-electron chi connectivity index (χ3n) is 2.33. The molecule has 7 heteroatoms. The molecule has 0 fully saturated rings. The van der Waals surface area contributed by atoms with Crippen LogP contribution in [0, 0.1) is 5.41 Å². The molecule has 1 aromatic heterocycles. The van der Waals surface area contributed by atoms with Crippen LogP contribution in [0.4, 0.5) is 11.9 Å². The van der Waals surface area contributed by atoms with Crippen molar-refractivity contribution >= 4 is 23.5 Å². The number of rotatable bonds is 6. The minimum atomic E-state index is 0.0733. The lowest BCUT2D eigenvalue weighted by molar-refractivity contribution is 0.157. The van der Waals surface area contributed by atoms with E-state index < -0.39 is 0 Å². The summed E-state index contributed by atoms with van der Waals surface area (Å²) in [5.41, 5.74) is 5.55. The van der Waals surface area contributed by atoms with Gasteiger partial charge in [-0.15, -0.1) is 0 Å². The number of methoxy groups -OCH3 is 1. The lowest BCUT2D eigenvalue weighted by atomic mass is 9.90. The Balaban J connectivity index is 2.54. The Labute approximate surface area is 106 Å². The predicted molar refractivity (Wildman–Crippen MR) is 68.0 cm³/mol. The molecule has 1 rings (SSSR count). The molecular weight excluding hydrogens is 242 g/mol. The summed E-state index contributed by atoms with van der Waals surface area (Å²) in [6, 6.07) is 0. The van der Waals surface area contributed by atoms with Gasteiger partial charge in [0.2, 0.25) is 17.2 Å². The van der Waals surface area contributed by atoms with Gasteiger partial charge >= 0.3 is 0 Å². The molecule has 1 aromatic rings. The van der Waals surface area contributed by atoms with Gasteiger partial charge in [-0.25, -0.2) is 0 Å². The Morgan fingerprint density at radius 2 is 2.06 bits per heavy atom. The fourth-order valence-corrected chi connectivity index (χ4v) is 1.40. The topological polar surface area (TPSA) is 86.0 Å². The van der Waals surface area contributed by atoms with E-state index in [9.17, 15) is 0 Å². The Bertz CT molecular complexity index is 351. The molecule has 0 bridgehead atoms. The Hall–Kier alpha value is -1.14. The van der Waals surface area contributed by atoms with Crippen molar-refractivity contribution in [2.75, 3.05) is 31.3 Å². The van der Waals surface area contributed by atoms with Gasteiger partial charge in [-0.3, -0.25) is 0 Å². The summed E-state index contributed by atoms with van der Waals surface area (Å²) in [6.07, 6.45) is 0.935. The highest BCUT2D eigenvalue weighted by atomic mass is 35.5. The highest BCUT2D eigenvalue weighted by Crippen LogP contribution is 2.20. The van der Waals surface area contributed by atoms with Crippen LogP contribution in [-0.2, 0) is 4.74 Å². The summed E-state index contributed by atoms with van der Waals surface area (Å²) >= 11 is 5.68. The summed E-state index contributed by atoms with van der Waals surface area (Å²) in [5, 5.41) is 3.19. The molecule has 17 heavy (non-hydrogen) atoms. The van der Waals surface area contributed by atoms with Crippen LogP contribution in [0.25, 0.3) is 0 Å². The van der Waals surface area contributed by atoms with Gasteiger partial charge < -0.3 is 15.8 Å². The number of anilines is 2. The van der Waals surface area contributed by atoms with Crippen LogP contribution in [0.3, 0.4) is 0 Å². The van der Waals surface area contributed by atoms with E-state index in [4.69, 9.17) is 22.1 Å². The van der Waals surface area contributed by atoms with Crippen molar-refractivity contribution in [2.24, 2.45) is 5.41 Å². The van der Waals surface area contributed by atoms with Gasteiger partial charge in [0, 0.05) is 20.3 Å². The van der Waals surface area contributed by atoms with Crippen LogP contribution >= 0.6 is 11.6 Å². The van der Waals surface area contributed by atoms with Crippen LogP contribution in [0.2, 0.25) is 5.28 Å². The molecule has 0 aliphatic heterocycles. The van der Waals surface area contributed by atoms with E-state index in [1.807, 2.05) is 0 Å². The number of nitrogens with two attached hydrogens (primary N) is 1. The number of nitrogens with one attached hydrogen (secondary N) is 1. The van der Waals surface area contributed by atoms with Gasteiger partial charge in [-0.05, 0) is 23.4 Å². The molecule has 0 saturated heterocycles. The smallest absolute Gasteiger partial charge is 0.228 e. The predicted octanol–water partition coefficient (Wildman–Crippen LogP) is 1.58. The SMILES string of the molecule is COCCC(C)(C)CNc1nc(N)nc(Cl)n1. The Morgan fingerprint density at radius 3 is 2.65 bits per heavy atom. The van der Waals surface area contributed by atoms with Crippen molar-refractivity contribution in [3.05, 3.63) is 5.28 Å². The van der Waals surface area contributed by atoms with Gasteiger partial charge in [0.05, 0.1) is 0 Å². The highest BCUT2D eigenvalue weighted by Gasteiger charge is 2.18. The maximum absolute atomic E-state index is 5.68. The molecule has 0 atom stereocenters. The monoisotopic (exact) mass is 259 g/mol. The van der Waals surface area contributed by atoms with E-state index in [1.165, 1.54) is 0 Å². The first-order chi connectivity index (χ1) is 7.93. The second-order valence-corrected chi connectivity index (χ2v) is 4.88. The van der Waals surface area contributed by atoms with Crippen molar-refractivity contribution in [1.29, 1.82) is 0 Å². The number of hydrogen-bond acceptors (Lipinski definition) is 6. The van der Waals surface area contributed by atoms with Crippen LogP contribution in [0.15, 0.2) is 0 Å². The minimum Gasteiger partial charge on any atom is -0.385 e. The molecule has 0 unspecified atom stereocenters. The second-order valence-electron chi connectivity index (χ2n) is 4.55. The van der Waals surface area contributed by atoms with Crippen LogP contribution in [0.1, 0.15) is 20.3 Å². The lowest BCUT2D eigenvalue weighted by Crippen LogP contribution is -2.25. The standard InChI is InChI=1S/C10H18ClN5O/c1-10(2,4-5-17-3)6-13-9-15-7(11)14-8(12)16-9/h4-6H2,1-3H3,(H3,12,13,14,15,16). The molecule has 0 aliphatic carbocycles. The largest absolute Gasteiger partial charge is 0.385 e. The summed E-state index contributed by atoms with van der Waals surface area (Å²) < 4.78 is 5.06. The molecule has 3 N–H and O–H groups in total. The van der Waals surface area contributed by atoms with Crippen LogP contribution in [-0.4, -0.2) is 35.2 Å². The van der Waals surface area contributed by atoms with Gasteiger partial charge in [0.15, 0.2) is 0 Å². The summed E-state index contributed by atoms with van der Waals surface area (Å²) in [4.78, 5) is 11.6. The molecule has 0 aromatic carbocycles. The van der Waals surface area contributed by atoms with Crippen molar-refractivity contribution in [3.63, 3.8) is 0 Å². The summed E-state index contributed by atoms with van der Waals surface area (Å²) in [6.45, 7) is 5.68. The molecule has 0 spiro atoms. The van der Waals surface area contributed by atoms with Gasteiger partial charge in [0.25, 0.3) is 0 Å². The molecule has 0 amide bonds.